The summed E-state index contributed by atoms with van der Waals surface area (Å²) in [6, 6.07) is 9.24. The van der Waals surface area contributed by atoms with Crippen LogP contribution in [0, 0.1) is 0 Å². The molecule has 0 radical (unpaired) electrons. The average Bonchev–Trinajstić information content (AvgIpc) is 2.64. The van der Waals surface area contributed by atoms with Gasteiger partial charge in [0, 0.05) is 10.9 Å². The fraction of sp³-hybridized carbons (Fsp3) is 0.211. The van der Waals surface area contributed by atoms with E-state index in [-0.39, 0.29) is 5.56 Å². The van der Waals surface area contributed by atoms with E-state index >= 15 is 0 Å². The first-order valence-electron chi connectivity index (χ1n) is 8.32. The molecule has 0 saturated heterocycles. The lowest BCUT2D eigenvalue weighted by molar-refractivity contribution is 0.336. The molecule has 3 rings (SSSR count). The number of benzene rings is 2. The molecule has 0 aliphatic carbocycles. The third kappa shape index (κ3) is 4.33. The Morgan fingerprint density at radius 2 is 1.85 bits per heavy atom. The van der Waals surface area contributed by atoms with Crippen molar-refractivity contribution in [2.75, 3.05) is 6.61 Å². The molecule has 0 saturated carbocycles. The van der Waals surface area contributed by atoms with E-state index in [0.717, 1.165) is 24.7 Å². The smallest absolute Gasteiger partial charge is 0.282 e. The van der Waals surface area contributed by atoms with Crippen LogP contribution in [-0.2, 0) is 6.42 Å². The Balaban J connectivity index is 2.08. The van der Waals surface area contributed by atoms with E-state index < -0.39 is 0 Å². The third-order valence-electron chi connectivity index (χ3n) is 3.82. The summed E-state index contributed by atoms with van der Waals surface area (Å²) in [6.07, 6.45) is 2.23. The van der Waals surface area contributed by atoms with Gasteiger partial charge < -0.3 is 4.74 Å². The van der Waals surface area contributed by atoms with E-state index in [4.69, 9.17) is 4.74 Å². The Morgan fingerprint density at radius 1 is 1.15 bits per heavy atom. The highest BCUT2D eigenvalue weighted by molar-refractivity contribution is 9.11. The van der Waals surface area contributed by atoms with Crippen LogP contribution in [0.1, 0.15) is 25.2 Å². The van der Waals surface area contributed by atoms with Gasteiger partial charge in [-0.2, -0.15) is 9.78 Å². The lowest BCUT2D eigenvalue weighted by Crippen LogP contribution is -2.22. The minimum absolute atomic E-state index is 0.196. The van der Waals surface area contributed by atoms with Gasteiger partial charge in [-0.15, -0.1) is 0 Å². The number of ether oxygens (including phenoxy) is 1. The number of fused-ring (bicyclic) bond motifs is 1. The van der Waals surface area contributed by atoms with Crippen molar-refractivity contribution in [3.05, 3.63) is 65.5 Å². The number of rotatable bonds is 5. The Labute approximate surface area is 181 Å². The average molecular weight is 558 g/mol. The molecule has 140 valence electrons. The Bertz CT molecular complexity index is 1070. The van der Waals surface area contributed by atoms with Crippen molar-refractivity contribution in [2.45, 2.75) is 20.3 Å². The van der Waals surface area contributed by atoms with Crippen molar-refractivity contribution >= 4 is 64.9 Å². The fourth-order valence-electron chi connectivity index (χ4n) is 2.60. The van der Waals surface area contributed by atoms with Crippen LogP contribution < -0.4 is 10.3 Å². The second-order valence-corrected chi connectivity index (χ2v) is 8.28. The van der Waals surface area contributed by atoms with E-state index in [9.17, 15) is 4.79 Å². The molecule has 0 amide bonds. The summed E-state index contributed by atoms with van der Waals surface area (Å²) in [5.74, 6) is 1.34. The summed E-state index contributed by atoms with van der Waals surface area (Å²) in [7, 11) is 0. The number of nitrogens with zero attached hydrogens (tertiary/aromatic N) is 3. The standard InChI is InChI=1S/C19H16Br3N3O2/c1-3-17-24-16-6-5-12(20)9-13(16)19(26)25(17)23-10-11-7-14(21)18(27-4-2)15(22)8-11/h5-10H,3-4H2,1-2H3. The molecule has 0 spiro atoms. The van der Waals surface area contributed by atoms with Crippen LogP contribution in [0.25, 0.3) is 10.9 Å². The molecule has 0 bridgehead atoms. The highest BCUT2D eigenvalue weighted by atomic mass is 79.9. The van der Waals surface area contributed by atoms with Gasteiger partial charge in [-0.05, 0) is 74.7 Å². The van der Waals surface area contributed by atoms with E-state index in [1.807, 2.05) is 38.1 Å². The zero-order chi connectivity index (χ0) is 19.6. The summed E-state index contributed by atoms with van der Waals surface area (Å²) in [5, 5.41) is 4.92. The lowest BCUT2D eigenvalue weighted by Gasteiger charge is -2.10. The molecule has 8 heteroatoms. The van der Waals surface area contributed by atoms with Gasteiger partial charge in [0.25, 0.3) is 5.56 Å². The zero-order valence-corrected chi connectivity index (χ0v) is 19.4. The summed E-state index contributed by atoms with van der Waals surface area (Å²) < 4.78 is 9.39. The predicted molar refractivity (Wildman–Crippen MR) is 119 cm³/mol. The number of halogens is 3. The number of aryl methyl sites for hydroxylation is 1. The molecule has 0 N–H and O–H groups in total. The maximum atomic E-state index is 12.9. The monoisotopic (exact) mass is 555 g/mol. The zero-order valence-electron chi connectivity index (χ0n) is 14.7. The van der Waals surface area contributed by atoms with Gasteiger partial charge in [-0.3, -0.25) is 4.79 Å². The molecule has 0 aliphatic heterocycles. The normalized spacial score (nSPS) is 11.4. The molecule has 0 fully saturated rings. The van der Waals surface area contributed by atoms with Crippen LogP contribution in [-0.4, -0.2) is 22.5 Å². The van der Waals surface area contributed by atoms with Crippen molar-refractivity contribution in [1.29, 1.82) is 0 Å². The minimum atomic E-state index is -0.196. The summed E-state index contributed by atoms with van der Waals surface area (Å²) in [4.78, 5) is 17.5. The van der Waals surface area contributed by atoms with Gasteiger partial charge in [0.05, 0.1) is 32.7 Å². The van der Waals surface area contributed by atoms with E-state index in [1.165, 1.54) is 4.68 Å². The van der Waals surface area contributed by atoms with Gasteiger partial charge in [0.2, 0.25) is 0 Å². The molecule has 0 atom stereocenters. The topological polar surface area (TPSA) is 56.5 Å². The van der Waals surface area contributed by atoms with E-state index in [1.54, 1.807) is 12.3 Å². The molecule has 3 aromatic rings. The van der Waals surface area contributed by atoms with Crippen LogP contribution in [0.3, 0.4) is 0 Å². The molecule has 1 aromatic heterocycles. The Hall–Kier alpha value is -1.51. The quantitative estimate of drug-likeness (QED) is 0.388. The third-order valence-corrected chi connectivity index (χ3v) is 5.49. The van der Waals surface area contributed by atoms with Crippen molar-refractivity contribution in [2.24, 2.45) is 5.10 Å². The molecule has 2 aromatic carbocycles. The van der Waals surface area contributed by atoms with Crippen LogP contribution >= 0.6 is 47.8 Å². The predicted octanol–water partition coefficient (Wildman–Crippen LogP) is 5.53. The van der Waals surface area contributed by atoms with Gasteiger partial charge in [-0.1, -0.05) is 22.9 Å². The van der Waals surface area contributed by atoms with E-state index in [2.05, 4.69) is 57.9 Å². The fourth-order valence-corrected chi connectivity index (χ4v) is 4.42. The van der Waals surface area contributed by atoms with Crippen molar-refractivity contribution in [3.8, 4) is 5.75 Å². The first-order chi connectivity index (χ1) is 12.9. The first-order valence-corrected chi connectivity index (χ1v) is 10.7. The summed E-state index contributed by atoms with van der Waals surface area (Å²) >= 11 is 10.4. The Kier molecular flexibility index (Phi) is 6.49. The van der Waals surface area contributed by atoms with Gasteiger partial charge in [0.15, 0.2) is 0 Å². The highest BCUT2D eigenvalue weighted by Gasteiger charge is 2.11. The maximum Gasteiger partial charge on any atom is 0.282 e. The summed E-state index contributed by atoms with van der Waals surface area (Å²) in [5.41, 5.74) is 1.29. The molecule has 27 heavy (non-hydrogen) atoms. The highest BCUT2D eigenvalue weighted by Crippen LogP contribution is 2.34. The van der Waals surface area contributed by atoms with Crippen molar-refractivity contribution in [3.63, 3.8) is 0 Å². The van der Waals surface area contributed by atoms with Gasteiger partial charge in [-0.25, -0.2) is 4.98 Å². The van der Waals surface area contributed by atoms with E-state index in [0.29, 0.717) is 29.8 Å². The van der Waals surface area contributed by atoms with Crippen LogP contribution in [0.15, 0.2) is 53.6 Å². The molecular formula is C19H16Br3N3O2. The largest absolute Gasteiger partial charge is 0.492 e. The minimum Gasteiger partial charge on any atom is -0.492 e. The van der Waals surface area contributed by atoms with Gasteiger partial charge in [0.1, 0.15) is 11.6 Å². The van der Waals surface area contributed by atoms with Crippen LogP contribution in [0.2, 0.25) is 0 Å². The second kappa shape index (κ2) is 8.67. The molecule has 1 heterocycles. The second-order valence-electron chi connectivity index (χ2n) is 5.65. The number of hydrogen-bond donors (Lipinski definition) is 0. The van der Waals surface area contributed by atoms with Gasteiger partial charge >= 0.3 is 0 Å². The number of hydrogen-bond acceptors (Lipinski definition) is 4. The van der Waals surface area contributed by atoms with Crippen LogP contribution in [0.5, 0.6) is 5.75 Å². The SMILES string of the molecule is CCOc1c(Br)cc(C=Nn2c(CC)nc3ccc(Br)cc3c2=O)cc1Br. The van der Waals surface area contributed by atoms with Crippen LogP contribution in [0.4, 0.5) is 0 Å². The van der Waals surface area contributed by atoms with Crippen molar-refractivity contribution in [1.82, 2.24) is 9.66 Å². The summed E-state index contributed by atoms with van der Waals surface area (Å²) in [6.45, 7) is 4.44. The maximum absolute atomic E-state index is 12.9. The molecule has 5 nitrogen and oxygen atoms in total. The Morgan fingerprint density at radius 3 is 2.48 bits per heavy atom. The molecule has 0 aliphatic rings. The first kappa shape index (κ1) is 20.2. The molecule has 0 unspecified atom stereocenters. The van der Waals surface area contributed by atoms with Crippen molar-refractivity contribution < 1.29 is 4.74 Å². The number of aromatic nitrogens is 2. The lowest BCUT2D eigenvalue weighted by atomic mass is 10.2. The molecular weight excluding hydrogens is 542 g/mol.